The van der Waals surface area contributed by atoms with Crippen molar-refractivity contribution >= 4 is 77.2 Å². The molecule has 14 aromatic rings. The minimum absolute atomic E-state index is 0.632. The second-order valence-electron chi connectivity index (χ2n) is 20.7. The highest BCUT2D eigenvalue weighted by atomic mass is 15.1. The quantitative estimate of drug-likeness (QED) is 0.0941. The lowest BCUT2D eigenvalue weighted by atomic mass is 9.66. The number of para-hydroxylation sites is 4. The van der Waals surface area contributed by atoms with Crippen LogP contribution in [0.4, 0.5) is 34.1 Å². The van der Waals surface area contributed by atoms with Crippen LogP contribution in [-0.2, 0) is 5.41 Å². The first-order valence-electron chi connectivity index (χ1n) is 27.3. The summed E-state index contributed by atoms with van der Waals surface area (Å²) in [5.41, 5.74) is 18.4. The van der Waals surface area contributed by atoms with E-state index in [1.807, 2.05) is 0 Å². The Bertz CT molecular complexity index is 4370. The van der Waals surface area contributed by atoms with Gasteiger partial charge in [0, 0.05) is 34.1 Å². The molecule has 0 saturated carbocycles. The van der Waals surface area contributed by atoms with Crippen molar-refractivity contribution in [3.63, 3.8) is 0 Å². The summed E-state index contributed by atoms with van der Waals surface area (Å²) in [7, 11) is 0. The van der Waals surface area contributed by atoms with Gasteiger partial charge in [-0.25, -0.2) is 0 Å². The Morgan fingerprint density at radius 3 is 0.886 bits per heavy atom. The van der Waals surface area contributed by atoms with E-state index < -0.39 is 5.41 Å². The van der Waals surface area contributed by atoms with Crippen LogP contribution in [0.1, 0.15) is 22.3 Å². The zero-order valence-electron chi connectivity index (χ0n) is 43.4. The molecule has 0 amide bonds. The summed E-state index contributed by atoms with van der Waals surface area (Å²) in [6.07, 6.45) is 0. The molecule has 1 aliphatic carbocycles. The third-order valence-electron chi connectivity index (χ3n) is 16.4. The summed E-state index contributed by atoms with van der Waals surface area (Å²) >= 11 is 0. The van der Waals surface area contributed by atoms with Crippen LogP contribution in [-0.4, -0.2) is 0 Å². The van der Waals surface area contributed by atoms with Gasteiger partial charge < -0.3 is 9.80 Å². The van der Waals surface area contributed by atoms with Crippen molar-refractivity contribution < 1.29 is 0 Å². The van der Waals surface area contributed by atoms with E-state index in [0.717, 1.165) is 34.1 Å². The molecule has 2 nitrogen and oxygen atoms in total. The van der Waals surface area contributed by atoms with Crippen molar-refractivity contribution in [2.24, 2.45) is 0 Å². The van der Waals surface area contributed by atoms with E-state index in [4.69, 9.17) is 0 Å². The smallest absolute Gasteiger partial charge is 0.0714 e. The molecule has 15 rings (SSSR count). The van der Waals surface area contributed by atoms with Crippen molar-refractivity contribution in [2.45, 2.75) is 5.41 Å². The Morgan fingerprint density at radius 2 is 0.506 bits per heavy atom. The van der Waals surface area contributed by atoms with Gasteiger partial charge in [-0.15, -0.1) is 0 Å². The lowest BCUT2D eigenvalue weighted by molar-refractivity contribution is 0.772. The highest BCUT2D eigenvalue weighted by Gasteiger charge is 2.45. The topological polar surface area (TPSA) is 6.48 Å². The first-order valence-corrected chi connectivity index (χ1v) is 27.3. The Balaban J connectivity index is 0.917. The largest absolute Gasteiger partial charge is 0.311 e. The third kappa shape index (κ3) is 7.56. The summed E-state index contributed by atoms with van der Waals surface area (Å²) in [4.78, 5) is 4.66. The molecule has 370 valence electrons. The second kappa shape index (κ2) is 19.1. The average Bonchev–Trinajstić information content (AvgIpc) is 3.94. The predicted molar refractivity (Wildman–Crippen MR) is 334 cm³/mol. The summed E-state index contributed by atoms with van der Waals surface area (Å²) in [6, 6.07) is 116. The van der Waals surface area contributed by atoms with Crippen molar-refractivity contribution in [1.82, 2.24) is 0 Å². The zero-order chi connectivity index (χ0) is 52.3. The molecule has 0 fully saturated rings. The number of anilines is 6. The minimum Gasteiger partial charge on any atom is -0.311 e. The van der Waals surface area contributed by atoms with Crippen molar-refractivity contribution in [3.8, 4) is 33.4 Å². The Kier molecular flexibility index (Phi) is 11.1. The number of fused-ring (bicyclic) bond motifs is 2. The van der Waals surface area contributed by atoms with Crippen LogP contribution in [0.2, 0.25) is 0 Å². The normalized spacial score (nSPS) is 12.4. The Hall–Kier alpha value is -10.3. The maximum absolute atomic E-state index is 2.56. The van der Waals surface area contributed by atoms with E-state index in [1.165, 1.54) is 98.7 Å². The molecule has 2 heteroatoms. The van der Waals surface area contributed by atoms with Crippen LogP contribution in [0.3, 0.4) is 0 Å². The van der Waals surface area contributed by atoms with E-state index in [2.05, 4.69) is 325 Å². The number of nitrogens with zero attached hydrogens (tertiary/aromatic N) is 2. The number of rotatable bonds is 11. The van der Waals surface area contributed by atoms with Gasteiger partial charge in [0.1, 0.15) is 0 Å². The number of hydrogen-bond acceptors (Lipinski definition) is 2. The fourth-order valence-corrected chi connectivity index (χ4v) is 13.1. The highest BCUT2D eigenvalue weighted by molar-refractivity contribution is 6.24. The van der Waals surface area contributed by atoms with Gasteiger partial charge in [0.05, 0.1) is 5.41 Å². The zero-order valence-corrected chi connectivity index (χ0v) is 43.4. The van der Waals surface area contributed by atoms with Gasteiger partial charge in [0.25, 0.3) is 0 Å². The maximum atomic E-state index is 2.56. The van der Waals surface area contributed by atoms with Crippen LogP contribution >= 0.6 is 0 Å². The van der Waals surface area contributed by atoms with E-state index >= 15 is 0 Å². The van der Waals surface area contributed by atoms with Crippen LogP contribution in [0, 0.1) is 0 Å². The summed E-state index contributed by atoms with van der Waals surface area (Å²) in [5.74, 6) is 0. The van der Waals surface area contributed by atoms with Crippen LogP contribution in [0.15, 0.2) is 315 Å². The van der Waals surface area contributed by atoms with Crippen molar-refractivity contribution in [1.29, 1.82) is 0 Å². The number of hydrogen-bond donors (Lipinski definition) is 0. The molecule has 0 radical (unpaired) electrons. The van der Waals surface area contributed by atoms with Gasteiger partial charge in [-0.1, -0.05) is 218 Å². The molecule has 0 aliphatic heterocycles. The molecule has 0 heterocycles. The fraction of sp³-hybridized carbons (Fsp3) is 0.0130. The second-order valence-corrected chi connectivity index (χ2v) is 20.7. The molecule has 0 saturated heterocycles. The van der Waals surface area contributed by atoms with E-state index in [9.17, 15) is 0 Å². The lowest BCUT2D eigenvalue weighted by Crippen LogP contribution is -2.28. The highest BCUT2D eigenvalue weighted by Crippen LogP contribution is 2.58. The fourth-order valence-electron chi connectivity index (χ4n) is 13.1. The summed E-state index contributed by atoms with van der Waals surface area (Å²) < 4.78 is 0. The van der Waals surface area contributed by atoms with Crippen LogP contribution in [0.5, 0.6) is 0 Å². The van der Waals surface area contributed by atoms with E-state index in [-0.39, 0.29) is 0 Å². The monoisotopic (exact) mass is 1000 g/mol. The first kappa shape index (κ1) is 46.1. The van der Waals surface area contributed by atoms with Gasteiger partial charge in [0.15, 0.2) is 0 Å². The summed E-state index contributed by atoms with van der Waals surface area (Å²) in [6.45, 7) is 0. The molecule has 1 aliphatic rings. The number of benzene rings is 14. The molecule has 0 spiro atoms. The van der Waals surface area contributed by atoms with Crippen molar-refractivity contribution in [2.75, 3.05) is 9.80 Å². The van der Waals surface area contributed by atoms with Gasteiger partial charge >= 0.3 is 0 Å². The summed E-state index contributed by atoms with van der Waals surface area (Å²) in [5, 5.41) is 10.0. The Labute approximate surface area is 461 Å². The van der Waals surface area contributed by atoms with E-state index in [0.29, 0.717) is 0 Å². The molecular formula is C77H52N2. The van der Waals surface area contributed by atoms with E-state index in [1.54, 1.807) is 0 Å². The predicted octanol–water partition coefficient (Wildman–Crippen LogP) is 20.9. The molecule has 0 unspecified atom stereocenters. The van der Waals surface area contributed by atoms with Gasteiger partial charge in [0.2, 0.25) is 0 Å². The van der Waals surface area contributed by atoms with Gasteiger partial charge in [-0.3, -0.25) is 0 Å². The van der Waals surface area contributed by atoms with Crippen molar-refractivity contribution in [3.05, 3.63) is 338 Å². The van der Waals surface area contributed by atoms with Crippen LogP contribution < -0.4 is 9.80 Å². The molecule has 14 aromatic carbocycles. The lowest BCUT2D eigenvalue weighted by Gasteiger charge is -2.35. The third-order valence-corrected chi connectivity index (χ3v) is 16.4. The average molecular weight is 1010 g/mol. The van der Waals surface area contributed by atoms with Crippen LogP contribution in [0.25, 0.3) is 76.5 Å². The molecule has 79 heavy (non-hydrogen) atoms. The minimum atomic E-state index is -0.632. The molecule has 0 aromatic heterocycles. The van der Waals surface area contributed by atoms with Gasteiger partial charge in [-0.2, -0.15) is 0 Å². The Morgan fingerprint density at radius 1 is 0.215 bits per heavy atom. The maximum Gasteiger partial charge on any atom is 0.0714 e. The standard InChI is InChI=1S/C77H52N2/c1-7-23-59(24-8-1)77(60-25-9-2-10-26-60)71-51-57(53-41-45-65(46-42-53)78(61-27-11-3-12-28-61)62-29-13-4-14-30-62)49-55-39-40-56-50-58(52-72(77)76(56)75(55)71)74-69-37-21-19-35-67(69)73(68-36-20-22-38-70(68)74)54-43-47-66(48-44-54)79(63-31-15-5-16-32-63)64-33-17-6-18-34-64/h1-52H. The van der Waals surface area contributed by atoms with Gasteiger partial charge in [-0.05, 0) is 196 Å². The SMILES string of the molecule is c1ccc(N(c2ccccc2)c2ccc(-c3cc4c5c(ccc6cc(-c7c8ccccc8c(-c8ccc(N(c9ccccc9)c9ccccc9)cc8)c8ccccc78)cc(c65)C4(c4ccccc4)c4ccccc4)c3)cc2)cc1. The molecular weight excluding hydrogens is 953 g/mol. The first-order chi connectivity index (χ1) is 39.2. The molecule has 0 bridgehead atoms. The molecule has 0 N–H and O–H groups in total. The molecule has 0 atom stereocenters.